The van der Waals surface area contributed by atoms with Gasteiger partial charge in [0.2, 0.25) is 0 Å². The molecule has 27 heavy (non-hydrogen) atoms. The van der Waals surface area contributed by atoms with Crippen LogP contribution < -0.4 is 10.1 Å². The summed E-state index contributed by atoms with van der Waals surface area (Å²) in [7, 11) is 0. The molecule has 0 saturated carbocycles. The minimum absolute atomic E-state index is 0.0982. The Morgan fingerprint density at radius 1 is 1.07 bits per heavy atom. The molecule has 2 aromatic carbocycles. The van der Waals surface area contributed by atoms with E-state index >= 15 is 0 Å². The van der Waals surface area contributed by atoms with Crippen molar-refractivity contribution in [2.45, 2.75) is 25.3 Å². The van der Waals surface area contributed by atoms with Gasteiger partial charge in [-0.05, 0) is 67.9 Å². The van der Waals surface area contributed by atoms with Crippen LogP contribution in [0.5, 0.6) is 5.75 Å². The third-order valence-electron chi connectivity index (χ3n) is 4.76. The molecule has 0 bridgehead atoms. The Bertz CT molecular complexity index is 731. The van der Waals surface area contributed by atoms with Gasteiger partial charge >= 0.3 is 0 Å². The van der Waals surface area contributed by atoms with Crippen LogP contribution in [0.3, 0.4) is 0 Å². The molecule has 0 aromatic heterocycles. The number of hydrogen-bond acceptors (Lipinski definition) is 3. The number of carbonyl (C=O) groups excluding carboxylic acids is 1. The molecular weight excluding hydrogens is 367 g/mol. The number of benzene rings is 2. The van der Waals surface area contributed by atoms with Crippen molar-refractivity contribution < 1.29 is 13.9 Å². The maximum absolute atomic E-state index is 12.9. The van der Waals surface area contributed by atoms with Gasteiger partial charge in [-0.3, -0.25) is 9.69 Å². The normalized spacial score (nSPS) is 15.9. The van der Waals surface area contributed by atoms with Crippen LogP contribution in [-0.4, -0.2) is 37.0 Å². The van der Waals surface area contributed by atoms with E-state index in [4.69, 9.17) is 16.3 Å². The molecule has 4 nitrogen and oxygen atoms in total. The third-order valence-corrected chi connectivity index (χ3v) is 5.01. The van der Waals surface area contributed by atoms with Crippen molar-refractivity contribution >= 4 is 17.5 Å². The van der Waals surface area contributed by atoms with Crippen molar-refractivity contribution in [1.29, 1.82) is 0 Å². The van der Waals surface area contributed by atoms with Crippen molar-refractivity contribution in [3.05, 3.63) is 64.9 Å². The largest absolute Gasteiger partial charge is 0.484 e. The molecule has 1 saturated heterocycles. The summed E-state index contributed by atoms with van der Waals surface area (Å²) >= 11 is 6.02. The van der Waals surface area contributed by atoms with E-state index in [1.54, 1.807) is 0 Å². The molecule has 1 N–H and O–H groups in total. The van der Waals surface area contributed by atoms with Crippen molar-refractivity contribution in [1.82, 2.24) is 10.2 Å². The molecule has 1 amide bonds. The predicted molar refractivity (Wildman–Crippen MR) is 105 cm³/mol. The first-order chi connectivity index (χ1) is 13.1. The fraction of sp³-hybridized carbons (Fsp3) is 0.381. The molecule has 1 aliphatic heterocycles. The van der Waals surface area contributed by atoms with Crippen LogP contribution in [0.1, 0.15) is 30.9 Å². The van der Waals surface area contributed by atoms with Gasteiger partial charge in [-0.15, -0.1) is 0 Å². The summed E-state index contributed by atoms with van der Waals surface area (Å²) in [4.78, 5) is 14.6. The van der Waals surface area contributed by atoms with Crippen LogP contribution in [0, 0.1) is 5.82 Å². The Kier molecular flexibility index (Phi) is 7.07. The number of rotatable bonds is 7. The van der Waals surface area contributed by atoms with Crippen LogP contribution in [-0.2, 0) is 4.79 Å². The smallest absolute Gasteiger partial charge is 0.258 e. The maximum atomic E-state index is 12.9. The average Bonchev–Trinajstić information content (AvgIpc) is 2.70. The zero-order valence-electron chi connectivity index (χ0n) is 15.2. The number of amides is 1. The maximum Gasteiger partial charge on any atom is 0.258 e. The molecule has 0 aliphatic carbocycles. The zero-order valence-corrected chi connectivity index (χ0v) is 15.9. The number of hydrogen-bond donors (Lipinski definition) is 1. The van der Waals surface area contributed by atoms with Crippen LogP contribution >= 0.6 is 11.6 Å². The molecule has 3 rings (SSSR count). The lowest BCUT2D eigenvalue weighted by Gasteiger charge is -2.35. The third kappa shape index (κ3) is 5.94. The summed E-state index contributed by atoms with van der Waals surface area (Å²) in [6, 6.07) is 13.5. The Balaban J connectivity index is 1.57. The van der Waals surface area contributed by atoms with Gasteiger partial charge in [-0.25, -0.2) is 4.39 Å². The SMILES string of the molecule is O=C(COc1ccc(F)cc1)NC[C@@H](c1ccc(Cl)cc1)N1CCCCC1. The summed E-state index contributed by atoms with van der Waals surface area (Å²) < 4.78 is 18.3. The monoisotopic (exact) mass is 390 g/mol. The van der Waals surface area contributed by atoms with Crippen molar-refractivity contribution in [2.75, 3.05) is 26.2 Å². The topological polar surface area (TPSA) is 41.6 Å². The predicted octanol–water partition coefficient (Wildman–Crippen LogP) is 4.20. The molecule has 0 unspecified atom stereocenters. The second-order valence-corrected chi connectivity index (χ2v) is 7.15. The number of ether oxygens (including phenoxy) is 1. The zero-order chi connectivity index (χ0) is 19.1. The lowest BCUT2D eigenvalue weighted by Crippen LogP contribution is -2.41. The van der Waals surface area contributed by atoms with E-state index in [1.165, 1.54) is 43.5 Å². The van der Waals surface area contributed by atoms with Gasteiger partial charge in [0.1, 0.15) is 11.6 Å². The van der Waals surface area contributed by atoms with E-state index in [-0.39, 0.29) is 24.4 Å². The number of nitrogens with zero attached hydrogens (tertiary/aromatic N) is 1. The molecule has 6 heteroatoms. The summed E-state index contributed by atoms with van der Waals surface area (Å²) in [6.45, 7) is 2.46. The number of likely N-dealkylation sites (tertiary alicyclic amines) is 1. The second kappa shape index (κ2) is 9.72. The standard InChI is InChI=1S/C21H24ClFN2O2/c22-17-6-4-16(5-7-17)20(25-12-2-1-3-13-25)14-24-21(26)15-27-19-10-8-18(23)9-11-19/h4-11,20H,1-3,12-15H2,(H,24,26)/t20-/m0/s1. The molecule has 1 aliphatic rings. The highest BCUT2D eigenvalue weighted by molar-refractivity contribution is 6.30. The van der Waals surface area contributed by atoms with Crippen molar-refractivity contribution in [3.63, 3.8) is 0 Å². The average molecular weight is 391 g/mol. The number of halogens is 2. The van der Waals surface area contributed by atoms with E-state index < -0.39 is 0 Å². The highest BCUT2D eigenvalue weighted by Crippen LogP contribution is 2.25. The Morgan fingerprint density at radius 3 is 2.41 bits per heavy atom. The minimum Gasteiger partial charge on any atom is -0.484 e. The van der Waals surface area contributed by atoms with Gasteiger partial charge in [-0.2, -0.15) is 0 Å². The van der Waals surface area contributed by atoms with Gasteiger partial charge in [0.05, 0.1) is 6.04 Å². The minimum atomic E-state index is -0.334. The van der Waals surface area contributed by atoms with Crippen LogP contribution in [0.2, 0.25) is 5.02 Å². The molecule has 1 atom stereocenters. The summed E-state index contributed by atoms with van der Waals surface area (Å²) in [5.74, 6) is -0.0636. The summed E-state index contributed by atoms with van der Waals surface area (Å²) in [5.41, 5.74) is 1.14. The van der Waals surface area contributed by atoms with Gasteiger partial charge in [0, 0.05) is 11.6 Å². The molecule has 0 spiro atoms. The van der Waals surface area contributed by atoms with Gasteiger partial charge in [0.25, 0.3) is 5.91 Å². The highest BCUT2D eigenvalue weighted by Gasteiger charge is 2.23. The summed E-state index contributed by atoms with van der Waals surface area (Å²) in [5, 5.41) is 3.66. The second-order valence-electron chi connectivity index (χ2n) is 6.71. The Labute approximate surface area is 164 Å². The lowest BCUT2D eigenvalue weighted by atomic mass is 10.0. The van der Waals surface area contributed by atoms with E-state index in [2.05, 4.69) is 10.2 Å². The molecule has 1 heterocycles. The lowest BCUT2D eigenvalue weighted by molar-refractivity contribution is -0.123. The van der Waals surface area contributed by atoms with Crippen molar-refractivity contribution in [2.24, 2.45) is 0 Å². The van der Waals surface area contributed by atoms with Gasteiger partial charge in [-0.1, -0.05) is 30.2 Å². The molecule has 144 valence electrons. The van der Waals surface area contributed by atoms with E-state index in [1.807, 2.05) is 24.3 Å². The van der Waals surface area contributed by atoms with Crippen LogP contribution in [0.15, 0.2) is 48.5 Å². The number of carbonyl (C=O) groups is 1. The number of piperidine rings is 1. The highest BCUT2D eigenvalue weighted by atomic mass is 35.5. The van der Waals surface area contributed by atoms with Crippen molar-refractivity contribution in [3.8, 4) is 5.75 Å². The molecular formula is C21H24ClFN2O2. The van der Waals surface area contributed by atoms with Gasteiger partial charge < -0.3 is 10.1 Å². The van der Waals surface area contributed by atoms with E-state index in [0.29, 0.717) is 17.3 Å². The molecule has 0 radical (unpaired) electrons. The first-order valence-electron chi connectivity index (χ1n) is 9.26. The Morgan fingerprint density at radius 2 is 1.74 bits per heavy atom. The van der Waals surface area contributed by atoms with E-state index in [0.717, 1.165) is 18.7 Å². The quantitative estimate of drug-likeness (QED) is 0.770. The van der Waals surface area contributed by atoms with Gasteiger partial charge in [0.15, 0.2) is 6.61 Å². The fourth-order valence-corrected chi connectivity index (χ4v) is 3.44. The molecule has 2 aromatic rings. The first kappa shape index (κ1) is 19.6. The van der Waals surface area contributed by atoms with Crippen LogP contribution in [0.25, 0.3) is 0 Å². The Hall–Kier alpha value is -2.11. The van der Waals surface area contributed by atoms with Crippen LogP contribution in [0.4, 0.5) is 4.39 Å². The first-order valence-corrected chi connectivity index (χ1v) is 9.64. The fourth-order valence-electron chi connectivity index (χ4n) is 3.31. The molecule has 1 fully saturated rings. The van der Waals surface area contributed by atoms with E-state index in [9.17, 15) is 9.18 Å². The summed E-state index contributed by atoms with van der Waals surface area (Å²) in [6.07, 6.45) is 3.60. The number of nitrogens with one attached hydrogen (secondary N) is 1.